The number of ketones is 1. The first-order chi connectivity index (χ1) is 16.2. The fourth-order valence-corrected chi connectivity index (χ4v) is 3.71. The van der Waals surface area contributed by atoms with Gasteiger partial charge < -0.3 is 14.9 Å². The number of likely N-dealkylation sites (tertiary alicyclic amines) is 1. The zero-order valence-electron chi connectivity index (χ0n) is 19.2. The summed E-state index contributed by atoms with van der Waals surface area (Å²) in [5.41, 5.74) is 1.94. The maximum Gasteiger partial charge on any atom is 0.224 e. The van der Waals surface area contributed by atoms with Crippen LogP contribution in [0.2, 0.25) is 0 Å². The molecule has 1 aliphatic rings. The summed E-state index contributed by atoms with van der Waals surface area (Å²) in [6.45, 7) is 2.57. The largest absolute Gasteiger partial charge is 0.395 e. The second-order valence-corrected chi connectivity index (χ2v) is 8.38. The number of Topliss-reactive ketones (excluding diaryl/α,β-unsaturated/α-hetero) is 1. The molecule has 1 fully saturated rings. The molecule has 3 rings (SSSR count). The summed E-state index contributed by atoms with van der Waals surface area (Å²) in [7, 11) is 1.79. The second kappa shape index (κ2) is 11.3. The van der Waals surface area contributed by atoms with Crippen LogP contribution in [0.5, 0.6) is 0 Å². The van der Waals surface area contributed by atoms with Crippen LogP contribution in [0.4, 0.5) is 13.2 Å². The van der Waals surface area contributed by atoms with Crippen molar-refractivity contribution in [1.29, 1.82) is 0 Å². The number of likely N-dealkylation sites (N-methyl/N-ethyl adjacent to an activating group) is 1. The third-order valence-corrected chi connectivity index (χ3v) is 5.65. The Hall–Kier alpha value is -3.23. The van der Waals surface area contributed by atoms with Crippen LogP contribution < -0.4 is 0 Å². The Morgan fingerprint density at radius 2 is 1.56 bits per heavy atom. The van der Waals surface area contributed by atoms with Crippen molar-refractivity contribution in [2.45, 2.75) is 13.3 Å². The lowest BCUT2D eigenvalue weighted by Crippen LogP contribution is -2.42. The number of benzene rings is 2. The fourth-order valence-electron chi connectivity index (χ4n) is 3.71. The van der Waals surface area contributed by atoms with E-state index in [1.165, 1.54) is 23.1 Å². The number of aryl methyl sites for hydroxylation is 1. The first-order valence-corrected chi connectivity index (χ1v) is 10.9. The van der Waals surface area contributed by atoms with Gasteiger partial charge in [0.2, 0.25) is 5.91 Å². The van der Waals surface area contributed by atoms with Gasteiger partial charge in [0.15, 0.2) is 17.4 Å². The maximum atomic E-state index is 13.7. The van der Waals surface area contributed by atoms with Crippen molar-refractivity contribution < 1.29 is 27.9 Å². The summed E-state index contributed by atoms with van der Waals surface area (Å²) in [4.78, 5) is 29.5. The molecule has 0 radical (unpaired) electrons. The van der Waals surface area contributed by atoms with E-state index in [4.69, 9.17) is 5.11 Å². The molecule has 34 heavy (non-hydrogen) atoms. The fraction of sp³-hybridized carbons (Fsp3) is 0.308. The van der Waals surface area contributed by atoms with Gasteiger partial charge in [0.1, 0.15) is 5.82 Å². The minimum Gasteiger partial charge on any atom is -0.395 e. The predicted molar refractivity (Wildman–Crippen MR) is 124 cm³/mol. The highest BCUT2D eigenvalue weighted by molar-refractivity contribution is 6.15. The maximum absolute atomic E-state index is 13.7. The van der Waals surface area contributed by atoms with Crippen LogP contribution in [0.15, 0.2) is 47.5 Å². The van der Waals surface area contributed by atoms with E-state index in [2.05, 4.69) is 0 Å². The SMILES string of the molecule is Cc1cc(/C=C2\CN(C(=O)CCN(C)CCO)C/C(=C\c3ccc(F)c(F)c3)C2=O)ccc1F. The predicted octanol–water partition coefficient (Wildman–Crippen LogP) is 3.60. The molecule has 1 heterocycles. The van der Waals surface area contributed by atoms with Crippen LogP contribution >= 0.6 is 0 Å². The molecule has 5 nitrogen and oxygen atoms in total. The first kappa shape index (κ1) is 25.4. The monoisotopic (exact) mass is 472 g/mol. The van der Waals surface area contributed by atoms with Crippen LogP contribution in [-0.4, -0.2) is 66.4 Å². The number of rotatable bonds is 7. The number of aliphatic hydroxyl groups is 1. The van der Waals surface area contributed by atoms with E-state index < -0.39 is 11.6 Å². The molecule has 0 atom stereocenters. The molecule has 180 valence electrons. The third-order valence-electron chi connectivity index (χ3n) is 5.65. The number of carbonyl (C=O) groups is 2. The number of hydrogen-bond acceptors (Lipinski definition) is 4. The Bertz CT molecular complexity index is 1070. The van der Waals surface area contributed by atoms with Gasteiger partial charge in [-0.3, -0.25) is 9.59 Å². The van der Waals surface area contributed by atoms with Gasteiger partial charge in [-0.1, -0.05) is 12.1 Å². The third kappa shape index (κ3) is 6.42. The highest BCUT2D eigenvalue weighted by atomic mass is 19.2. The summed E-state index contributed by atoms with van der Waals surface area (Å²) >= 11 is 0. The van der Waals surface area contributed by atoms with Crippen LogP contribution in [0.1, 0.15) is 23.1 Å². The Morgan fingerprint density at radius 1 is 0.971 bits per heavy atom. The number of halogens is 3. The zero-order valence-corrected chi connectivity index (χ0v) is 19.2. The van der Waals surface area contributed by atoms with Crippen LogP contribution in [-0.2, 0) is 9.59 Å². The van der Waals surface area contributed by atoms with Gasteiger partial charge in [0, 0.05) is 43.7 Å². The number of carbonyl (C=O) groups excluding carboxylic acids is 2. The minimum atomic E-state index is -1.03. The highest BCUT2D eigenvalue weighted by Crippen LogP contribution is 2.24. The summed E-state index contributed by atoms with van der Waals surface area (Å²) in [5.74, 6) is -2.88. The van der Waals surface area contributed by atoms with Crippen LogP contribution in [0.3, 0.4) is 0 Å². The Labute approximate surface area is 196 Å². The molecule has 0 spiro atoms. The number of piperidine rings is 1. The molecule has 0 aromatic heterocycles. The topological polar surface area (TPSA) is 60.9 Å². The average molecular weight is 473 g/mol. The van der Waals surface area contributed by atoms with Crippen molar-refractivity contribution in [2.24, 2.45) is 0 Å². The number of hydrogen-bond donors (Lipinski definition) is 1. The lowest BCUT2D eigenvalue weighted by Gasteiger charge is -2.30. The first-order valence-electron chi connectivity index (χ1n) is 10.9. The second-order valence-electron chi connectivity index (χ2n) is 8.38. The minimum absolute atomic E-state index is 0.0198. The van der Waals surface area contributed by atoms with Gasteiger partial charge in [-0.2, -0.15) is 0 Å². The van der Waals surface area contributed by atoms with Gasteiger partial charge in [-0.25, -0.2) is 13.2 Å². The smallest absolute Gasteiger partial charge is 0.224 e. The van der Waals surface area contributed by atoms with E-state index in [0.29, 0.717) is 35.4 Å². The number of aliphatic hydroxyl groups excluding tert-OH is 1. The summed E-state index contributed by atoms with van der Waals surface area (Å²) in [6.07, 6.45) is 3.25. The highest BCUT2D eigenvalue weighted by Gasteiger charge is 2.29. The van der Waals surface area contributed by atoms with Gasteiger partial charge in [0.25, 0.3) is 0 Å². The summed E-state index contributed by atoms with van der Waals surface area (Å²) in [6, 6.07) is 7.80. The number of nitrogens with zero attached hydrogens (tertiary/aromatic N) is 2. The molecular weight excluding hydrogens is 445 g/mol. The zero-order chi connectivity index (χ0) is 24.8. The van der Waals surface area contributed by atoms with Gasteiger partial charge in [-0.15, -0.1) is 0 Å². The summed E-state index contributed by atoms with van der Waals surface area (Å²) < 4.78 is 40.7. The normalized spacial score (nSPS) is 16.7. The molecule has 1 amide bonds. The van der Waals surface area contributed by atoms with E-state index in [1.807, 2.05) is 4.90 Å². The van der Waals surface area contributed by atoms with Crippen LogP contribution in [0.25, 0.3) is 12.2 Å². The molecule has 8 heteroatoms. The van der Waals surface area contributed by atoms with Crippen molar-refractivity contribution in [3.05, 3.63) is 81.7 Å². The molecule has 0 bridgehead atoms. The molecular formula is C26H27F3N2O3. The molecule has 0 saturated carbocycles. The quantitative estimate of drug-likeness (QED) is 0.626. The Balaban J connectivity index is 1.93. The Kier molecular flexibility index (Phi) is 8.41. The standard InChI is InChI=1S/C26H27F3N2O3/c1-17-11-18(3-5-22(17)27)12-20-15-31(25(33)7-8-30(2)9-10-32)16-21(26(20)34)13-19-4-6-23(28)24(29)14-19/h3-6,11-14,32H,7-10,15-16H2,1-2H3/b20-12+,21-13+. The molecule has 2 aromatic rings. The van der Waals surface area contributed by atoms with E-state index in [0.717, 1.165) is 12.1 Å². The van der Waals surface area contributed by atoms with Crippen molar-refractivity contribution >= 4 is 23.8 Å². The van der Waals surface area contributed by atoms with Crippen molar-refractivity contribution in [2.75, 3.05) is 39.8 Å². The molecule has 1 aliphatic heterocycles. The van der Waals surface area contributed by atoms with Gasteiger partial charge in [-0.05, 0) is 67.1 Å². The van der Waals surface area contributed by atoms with Crippen molar-refractivity contribution in [1.82, 2.24) is 9.80 Å². The molecule has 0 unspecified atom stereocenters. The van der Waals surface area contributed by atoms with Gasteiger partial charge in [0.05, 0.1) is 6.61 Å². The molecule has 0 aliphatic carbocycles. The summed E-state index contributed by atoms with van der Waals surface area (Å²) in [5, 5.41) is 9.04. The lowest BCUT2D eigenvalue weighted by atomic mass is 9.93. The van der Waals surface area contributed by atoms with E-state index in [-0.39, 0.29) is 49.2 Å². The van der Waals surface area contributed by atoms with Crippen molar-refractivity contribution in [3.8, 4) is 0 Å². The lowest BCUT2D eigenvalue weighted by molar-refractivity contribution is -0.131. The average Bonchev–Trinajstić information content (AvgIpc) is 2.79. The Morgan fingerprint density at radius 3 is 2.12 bits per heavy atom. The van der Waals surface area contributed by atoms with E-state index in [9.17, 15) is 22.8 Å². The van der Waals surface area contributed by atoms with E-state index in [1.54, 1.807) is 32.2 Å². The van der Waals surface area contributed by atoms with Gasteiger partial charge >= 0.3 is 0 Å². The van der Waals surface area contributed by atoms with E-state index >= 15 is 0 Å². The van der Waals surface area contributed by atoms with Crippen LogP contribution in [0, 0.1) is 24.4 Å². The molecule has 1 saturated heterocycles. The number of amides is 1. The van der Waals surface area contributed by atoms with Crippen molar-refractivity contribution in [3.63, 3.8) is 0 Å². The molecule has 1 N–H and O–H groups in total. The molecule has 2 aromatic carbocycles.